The van der Waals surface area contributed by atoms with E-state index in [0.29, 0.717) is 6.54 Å². The van der Waals surface area contributed by atoms with Crippen LogP contribution >= 0.6 is 0 Å². The molecule has 1 aliphatic heterocycles. The highest BCUT2D eigenvalue weighted by Gasteiger charge is 2.22. The zero-order valence-electron chi connectivity index (χ0n) is 14.2. The lowest BCUT2D eigenvalue weighted by Gasteiger charge is -2.18. The third-order valence-electron chi connectivity index (χ3n) is 4.77. The highest BCUT2D eigenvalue weighted by molar-refractivity contribution is 5.65. The summed E-state index contributed by atoms with van der Waals surface area (Å²) in [5.74, 6) is 0. The second kappa shape index (κ2) is 6.91. The van der Waals surface area contributed by atoms with E-state index in [-0.39, 0.29) is 10.6 Å². The molecule has 1 fully saturated rings. The summed E-state index contributed by atoms with van der Waals surface area (Å²) in [4.78, 5) is 13.3. The van der Waals surface area contributed by atoms with Crippen LogP contribution in [0.1, 0.15) is 29.5 Å². The van der Waals surface area contributed by atoms with Gasteiger partial charge in [0.1, 0.15) is 5.69 Å². The highest BCUT2D eigenvalue weighted by Crippen LogP contribution is 2.32. The number of nitrogens with zero attached hydrogens (tertiary/aromatic N) is 2. The lowest BCUT2D eigenvalue weighted by Crippen LogP contribution is -2.19. The van der Waals surface area contributed by atoms with Gasteiger partial charge in [-0.2, -0.15) is 0 Å². The number of rotatable bonds is 5. The van der Waals surface area contributed by atoms with E-state index in [0.717, 1.165) is 42.9 Å². The minimum absolute atomic E-state index is 0.206. The third kappa shape index (κ3) is 3.35. The van der Waals surface area contributed by atoms with E-state index in [4.69, 9.17) is 0 Å². The fourth-order valence-corrected chi connectivity index (χ4v) is 3.19. The monoisotopic (exact) mass is 325 g/mol. The average Bonchev–Trinajstić information content (AvgIpc) is 3.10. The molecule has 1 heterocycles. The van der Waals surface area contributed by atoms with Crippen LogP contribution in [0.2, 0.25) is 0 Å². The van der Waals surface area contributed by atoms with Crippen molar-refractivity contribution in [2.75, 3.05) is 23.3 Å². The fourth-order valence-electron chi connectivity index (χ4n) is 3.19. The molecule has 0 amide bonds. The SMILES string of the molecule is Cc1cccc(NCc2ccc(N3CCCC3)c([N+](=O)[O-])c2)c1C. The lowest BCUT2D eigenvalue weighted by atomic mass is 10.1. The molecule has 0 aliphatic carbocycles. The first-order valence-electron chi connectivity index (χ1n) is 8.38. The second-order valence-corrected chi connectivity index (χ2v) is 6.38. The Balaban J connectivity index is 1.80. The Hall–Kier alpha value is -2.56. The molecule has 0 radical (unpaired) electrons. The predicted molar refractivity (Wildman–Crippen MR) is 97.8 cm³/mol. The van der Waals surface area contributed by atoms with Crippen molar-refractivity contribution >= 4 is 17.1 Å². The highest BCUT2D eigenvalue weighted by atomic mass is 16.6. The van der Waals surface area contributed by atoms with Gasteiger partial charge in [0, 0.05) is 31.4 Å². The number of benzene rings is 2. The van der Waals surface area contributed by atoms with Gasteiger partial charge in [0.25, 0.3) is 5.69 Å². The minimum Gasteiger partial charge on any atom is -0.381 e. The molecule has 5 nitrogen and oxygen atoms in total. The average molecular weight is 325 g/mol. The normalized spacial score (nSPS) is 14.0. The Bertz CT molecular complexity index is 752. The van der Waals surface area contributed by atoms with Gasteiger partial charge in [-0.05, 0) is 55.5 Å². The Morgan fingerprint density at radius 3 is 2.62 bits per heavy atom. The quantitative estimate of drug-likeness (QED) is 0.653. The minimum atomic E-state index is -0.269. The number of nitrogens with one attached hydrogen (secondary N) is 1. The smallest absolute Gasteiger partial charge is 0.292 e. The summed E-state index contributed by atoms with van der Waals surface area (Å²) in [6, 6.07) is 11.7. The van der Waals surface area contributed by atoms with E-state index in [1.165, 1.54) is 11.1 Å². The number of nitro groups is 1. The molecule has 0 atom stereocenters. The first kappa shape index (κ1) is 16.3. The summed E-state index contributed by atoms with van der Waals surface area (Å²) in [5, 5.41) is 14.9. The van der Waals surface area contributed by atoms with Gasteiger partial charge in [0.2, 0.25) is 0 Å². The molecule has 1 N–H and O–H groups in total. The molecule has 5 heteroatoms. The first-order chi connectivity index (χ1) is 11.6. The number of hydrogen-bond donors (Lipinski definition) is 1. The Morgan fingerprint density at radius 2 is 1.92 bits per heavy atom. The van der Waals surface area contributed by atoms with Crippen LogP contribution in [-0.2, 0) is 6.54 Å². The van der Waals surface area contributed by atoms with E-state index >= 15 is 0 Å². The molecule has 126 valence electrons. The van der Waals surface area contributed by atoms with Crippen molar-refractivity contribution in [3.05, 3.63) is 63.2 Å². The maximum Gasteiger partial charge on any atom is 0.292 e. The maximum absolute atomic E-state index is 11.5. The summed E-state index contributed by atoms with van der Waals surface area (Å²) in [6.45, 7) is 6.54. The summed E-state index contributed by atoms with van der Waals surface area (Å²) >= 11 is 0. The van der Waals surface area contributed by atoms with Crippen molar-refractivity contribution in [3.63, 3.8) is 0 Å². The molecule has 0 bridgehead atoms. The Labute approximate surface area is 142 Å². The van der Waals surface area contributed by atoms with Gasteiger partial charge in [0.15, 0.2) is 0 Å². The Morgan fingerprint density at radius 1 is 1.17 bits per heavy atom. The van der Waals surface area contributed by atoms with Gasteiger partial charge < -0.3 is 10.2 Å². The fraction of sp³-hybridized carbons (Fsp3) is 0.368. The van der Waals surface area contributed by atoms with Crippen LogP contribution in [-0.4, -0.2) is 18.0 Å². The summed E-state index contributed by atoms with van der Waals surface area (Å²) < 4.78 is 0. The van der Waals surface area contributed by atoms with Gasteiger partial charge in [-0.25, -0.2) is 0 Å². The lowest BCUT2D eigenvalue weighted by molar-refractivity contribution is -0.384. The standard InChI is InChI=1S/C19H23N3O2/c1-14-6-5-7-17(15(14)2)20-13-16-8-9-18(19(12-16)22(23)24)21-10-3-4-11-21/h5-9,12,20H,3-4,10-11,13H2,1-2H3. The van der Waals surface area contributed by atoms with Crippen molar-refractivity contribution in [2.45, 2.75) is 33.2 Å². The van der Waals surface area contributed by atoms with Crippen LogP contribution in [0.4, 0.5) is 17.1 Å². The topological polar surface area (TPSA) is 58.4 Å². The zero-order valence-corrected chi connectivity index (χ0v) is 14.2. The van der Waals surface area contributed by atoms with Crippen LogP contribution in [0, 0.1) is 24.0 Å². The molecule has 2 aromatic rings. The van der Waals surface area contributed by atoms with Gasteiger partial charge in [0.05, 0.1) is 4.92 Å². The summed E-state index contributed by atoms with van der Waals surface area (Å²) in [7, 11) is 0. The van der Waals surface area contributed by atoms with Crippen LogP contribution in [0.5, 0.6) is 0 Å². The molecule has 0 saturated carbocycles. The van der Waals surface area contributed by atoms with Gasteiger partial charge in [-0.15, -0.1) is 0 Å². The summed E-state index contributed by atoms with van der Waals surface area (Å²) in [6.07, 6.45) is 2.21. The molecule has 24 heavy (non-hydrogen) atoms. The molecular weight excluding hydrogens is 302 g/mol. The number of hydrogen-bond acceptors (Lipinski definition) is 4. The van der Waals surface area contributed by atoms with E-state index in [2.05, 4.69) is 30.1 Å². The van der Waals surface area contributed by atoms with Crippen LogP contribution in [0.25, 0.3) is 0 Å². The molecule has 1 saturated heterocycles. The van der Waals surface area contributed by atoms with E-state index < -0.39 is 0 Å². The number of anilines is 2. The molecule has 0 unspecified atom stereocenters. The van der Waals surface area contributed by atoms with E-state index in [9.17, 15) is 10.1 Å². The second-order valence-electron chi connectivity index (χ2n) is 6.38. The molecular formula is C19H23N3O2. The first-order valence-corrected chi connectivity index (χ1v) is 8.38. The number of nitro benzene ring substituents is 1. The Kier molecular flexibility index (Phi) is 4.69. The van der Waals surface area contributed by atoms with Gasteiger partial charge in [-0.3, -0.25) is 10.1 Å². The molecule has 3 rings (SSSR count). The van der Waals surface area contributed by atoms with Crippen LogP contribution in [0.3, 0.4) is 0 Å². The van der Waals surface area contributed by atoms with Crippen molar-refractivity contribution < 1.29 is 4.92 Å². The molecule has 2 aromatic carbocycles. The van der Waals surface area contributed by atoms with Crippen molar-refractivity contribution in [3.8, 4) is 0 Å². The van der Waals surface area contributed by atoms with Crippen LogP contribution in [0.15, 0.2) is 36.4 Å². The maximum atomic E-state index is 11.5. The predicted octanol–water partition coefficient (Wildman–Crippen LogP) is 4.42. The van der Waals surface area contributed by atoms with Gasteiger partial charge >= 0.3 is 0 Å². The summed E-state index contributed by atoms with van der Waals surface area (Å²) in [5.41, 5.74) is 5.38. The van der Waals surface area contributed by atoms with Crippen molar-refractivity contribution in [1.82, 2.24) is 0 Å². The molecule has 1 aliphatic rings. The van der Waals surface area contributed by atoms with Crippen molar-refractivity contribution in [1.29, 1.82) is 0 Å². The molecule has 0 aromatic heterocycles. The number of aryl methyl sites for hydroxylation is 1. The molecule has 0 spiro atoms. The zero-order chi connectivity index (χ0) is 17.1. The van der Waals surface area contributed by atoms with Gasteiger partial charge in [-0.1, -0.05) is 18.2 Å². The van der Waals surface area contributed by atoms with Crippen LogP contribution < -0.4 is 10.2 Å². The van der Waals surface area contributed by atoms with Crippen molar-refractivity contribution in [2.24, 2.45) is 0 Å². The largest absolute Gasteiger partial charge is 0.381 e. The van der Waals surface area contributed by atoms with E-state index in [1.807, 2.05) is 24.3 Å². The third-order valence-corrected chi connectivity index (χ3v) is 4.77. The van der Waals surface area contributed by atoms with E-state index in [1.54, 1.807) is 6.07 Å².